The standard InChI is InChI=1S/C24H24N2O4S/c1-15(2)16-9-11-17(12-10-16)19-13-20(27)26(18-7-5-4-6-8-18)23-22(19)31-24(29)25(23)14-21(28)30-3/h4-12,15,19H,13-14H2,1-3H3. The summed E-state index contributed by atoms with van der Waals surface area (Å²) in [6.07, 6.45) is 0.251. The third-order valence-electron chi connectivity index (χ3n) is 5.58. The van der Waals surface area contributed by atoms with Crippen LogP contribution in [0.5, 0.6) is 0 Å². The lowest BCUT2D eigenvalue weighted by Crippen LogP contribution is -2.36. The Morgan fingerprint density at radius 2 is 1.77 bits per heavy atom. The number of methoxy groups -OCH3 is 1. The molecule has 0 radical (unpaired) electrons. The lowest BCUT2D eigenvalue weighted by atomic mass is 9.89. The van der Waals surface area contributed by atoms with E-state index in [1.165, 1.54) is 17.2 Å². The molecule has 0 fully saturated rings. The Kier molecular flexibility index (Phi) is 5.78. The van der Waals surface area contributed by atoms with Crippen molar-refractivity contribution in [3.8, 4) is 0 Å². The van der Waals surface area contributed by atoms with E-state index in [4.69, 9.17) is 4.74 Å². The van der Waals surface area contributed by atoms with E-state index < -0.39 is 5.97 Å². The molecule has 1 amide bonds. The van der Waals surface area contributed by atoms with E-state index in [1.54, 1.807) is 4.90 Å². The Morgan fingerprint density at radius 1 is 1.10 bits per heavy atom. The predicted molar refractivity (Wildman–Crippen MR) is 121 cm³/mol. The topological polar surface area (TPSA) is 68.6 Å². The largest absolute Gasteiger partial charge is 0.468 e. The summed E-state index contributed by atoms with van der Waals surface area (Å²) in [5.41, 5.74) is 2.87. The lowest BCUT2D eigenvalue weighted by molar-refractivity contribution is -0.141. The molecular weight excluding hydrogens is 412 g/mol. The highest BCUT2D eigenvalue weighted by atomic mass is 32.1. The number of hydrogen-bond donors (Lipinski definition) is 0. The fourth-order valence-electron chi connectivity index (χ4n) is 3.91. The normalized spacial score (nSPS) is 15.8. The summed E-state index contributed by atoms with van der Waals surface area (Å²) in [6.45, 7) is 4.03. The van der Waals surface area contributed by atoms with Crippen LogP contribution in [0.3, 0.4) is 0 Å². The second kappa shape index (κ2) is 8.51. The molecule has 7 heteroatoms. The molecule has 160 valence electrons. The average Bonchev–Trinajstić information content (AvgIpc) is 3.09. The number of hydrogen-bond acceptors (Lipinski definition) is 5. The Labute approximate surface area is 184 Å². The SMILES string of the molecule is COC(=O)Cn1c2c(sc1=O)C(c1ccc(C(C)C)cc1)CC(=O)N2c1ccccc1. The van der Waals surface area contributed by atoms with Crippen molar-refractivity contribution in [3.05, 3.63) is 80.3 Å². The molecule has 0 saturated heterocycles. The zero-order chi connectivity index (χ0) is 22.1. The number of fused-ring (bicyclic) bond motifs is 1. The van der Waals surface area contributed by atoms with E-state index in [2.05, 4.69) is 26.0 Å². The molecule has 31 heavy (non-hydrogen) atoms. The highest BCUT2D eigenvalue weighted by Crippen LogP contribution is 2.44. The number of aromatic nitrogens is 1. The molecule has 0 spiro atoms. The molecule has 6 nitrogen and oxygen atoms in total. The van der Waals surface area contributed by atoms with Gasteiger partial charge in [-0.15, -0.1) is 0 Å². The predicted octanol–water partition coefficient (Wildman–Crippen LogP) is 4.41. The molecule has 0 aliphatic carbocycles. The van der Waals surface area contributed by atoms with Crippen LogP contribution in [0.1, 0.15) is 48.1 Å². The first kappa shape index (κ1) is 21.1. The number of thiazole rings is 1. The maximum absolute atomic E-state index is 13.3. The Hall–Kier alpha value is -3.19. The molecule has 1 unspecified atom stereocenters. The van der Waals surface area contributed by atoms with Gasteiger partial charge in [-0.05, 0) is 29.2 Å². The van der Waals surface area contributed by atoms with Gasteiger partial charge < -0.3 is 4.74 Å². The summed E-state index contributed by atoms with van der Waals surface area (Å²) in [7, 11) is 1.28. The number of nitrogens with zero attached hydrogens (tertiary/aromatic N) is 2. The van der Waals surface area contributed by atoms with Gasteiger partial charge in [0.25, 0.3) is 0 Å². The molecule has 0 saturated carbocycles. The second-order valence-electron chi connectivity index (χ2n) is 7.86. The van der Waals surface area contributed by atoms with Gasteiger partial charge in [0, 0.05) is 12.3 Å². The van der Waals surface area contributed by atoms with Crippen molar-refractivity contribution < 1.29 is 14.3 Å². The van der Waals surface area contributed by atoms with Crippen molar-refractivity contribution in [2.75, 3.05) is 12.0 Å². The van der Waals surface area contributed by atoms with Gasteiger partial charge in [0.2, 0.25) is 5.91 Å². The van der Waals surface area contributed by atoms with Crippen LogP contribution >= 0.6 is 11.3 Å². The minimum Gasteiger partial charge on any atom is -0.468 e. The first-order valence-corrected chi connectivity index (χ1v) is 11.0. The van der Waals surface area contributed by atoms with E-state index in [1.807, 2.05) is 42.5 Å². The number of amides is 1. The van der Waals surface area contributed by atoms with Gasteiger partial charge in [0.1, 0.15) is 12.4 Å². The molecule has 1 aliphatic heterocycles. The average molecular weight is 437 g/mol. The van der Waals surface area contributed by atoms with Crippen molar-refractivity contribution in [2.24, 2.45) is 0 Å². The number of ether oxygens (including phenoxy) is 1. The molecule has 0 bridgehead atoms. The smallest absolute Gasteiger partial charge is 0.325 e. The van der Waals surface area contributed by atoms with Crippen LogP contribution in [0.25, 0.3) is 0 Å². The van der Waals surface area contributed by atoms with Gasteiger partial charge in [-0.1, -0.05) is 67.6 Å². The fourth-order valence-corrected chi connectivity index (χ4v) is 5.01. The van der Waals surface area contributed by atoms with Crippen molar-refractivity contribution in [3.63, 3.8) is 0 Å². The van der Waals surface area contributed by atoms with E-state index in [9.17, 15) is 14.4 Å². The fraction of sp³-hybridized carbons (Fsp3) is 0.292. The maximum atomic E-state index is 13.3. The lowest BCUT2D eigenvalue weighted by Gasteiger charge is -2.32. The first-order valence-electron chi connectivity index (χ1n) is 10.2. The molecular formula is C24H24N2O4S. The molecule has 1 aromatic heterocycles. The summed E-state index contributed by atoms with van der Waals surface area (Å²) < 4.78 is 6.14. The Bertz CT molecular complexity index is 1160. The number of para-hydroxylation sites is 1. The van der Waals surface area contributed by atoms with Crippen molar-refractivity contribution in [1.29, 1.82) is 0 Å². The number of esters is 1. The van der Waals surface area contributed by atoms with Gasteiger partial charge in [0.15, 0.2) is 0 Å². The summed E-state index contributed by atoms with van der Waals surface area (Å²) in [6, 6.07) is 17.4. The number of carbonyl (C=O) groups excluding carboxylic acids is 2. The van der Waals surface area contributed by atoms with Crippen LogP contribution in [0.15, 0.2) is 59.4 Å². The van der Waals surface area contributed by atoms with E-state index >= 15 is 0 Å². The number of carbonyl (C=O) groups is 2. The maximum Gasteiger partial charge on any atom is 0.325 e. The van der Waals surface area contributed by atoms with E-state index in [-0.39, 0.29) is 29.7 Å². The Balaban J connectivity index is 1.87. The van der Waals surface area contributed by atoms with Gasteiger partial charge in [-0.25, -0.2) is 0 Å². The molecule has 1 atom stereocenters. The highest BCUT2D eigenvalue weighted by Gasteiger charge is 2.38. The zero-order valence-corrected chi connectivity index (χ0v) is 18.5. The summed E-state index contributed by atoms with van der Waals surface area (Å²) >= 11 is 1.09. The van der Waals surface area contributed by atoms with Crippen molar-refractivity contribution in [2.45, 2.75) is 38.6 Å². The third kappa shape index (κ3) is 3.93. The minimum absolute atomic E-state index is 0.118. The molecule has 4 rings (SSSR count). The van der Waals surface area contributed by atoms with Gasteiger partial charge in [-0.3, -0.25) is 23.9 Å². The summed E-state index contributed by atoms with van der Waals surface area (Å²) in [4.78, 5) is 40.3. The van der Waals surface area contributed by atoms with Crippen molar-refractivity contribution in [1.82, 2.24) is 4.57 Å². The van der Waals surface area contributed by atoms with Gasteiger partial charge in [0.05, 0.1) is 17.7 Å². The number of benzene rings is 2. The summed E-state index contributed by atoms with van der Waals surface area (Å²) in [5, 5.41) is 0. The minimum atomic E-state index is -0.536. The van der Waals surface area contributed by atoms with Crippen LogP contribution in [0, 0.1) is 0 Å². The van der Waals surface area contributed by atoms with Crippen LogP contribution < -0.4 is 9.77 Å². The van der Waals surface area contributed by atoms with Crippen molar-refractivity contribution >= 4 is 34.7 Å². The van der Waals surface area contributed by atoms with Crippen LogP contribution in [0.4, 0.5) is 11.5 Å². The molecule has 0 N–H and O–H groups in total. The monoisotopic (exact) mass is 436 g/mol. The molecule has 3 aromatic rings. The quantitative estimate of drug-likeness (QED) is 0.556. The van der Waals surface area contributed by atoms with E-state index in [0.717, 1.165) is 21.8 Å². The third-order valence-corrected chi connectivity index (χ3v) is 6.67. The van der Waals surface area contributed by atoms with Crippen LogP contribution in [-0.2, 0) is 20.9 Å². The summed E-state index contributed by atoms with van der Waals surface area (Å²) in [5.74, 6) is -0.0240. The van der Waals surface area contributed by atoms with Gasteiger partial charge in [-0.2, -0.15) is 0 Å². The molecule has 2 aromatic carbocycles. The number of anilines is 2. The highest BCUT2D eigenvalue weighted by molar-refractivity contribution is 7.10. The molecule has 1 aliphatic rings. The second-order valence-corrected chi connectivity index (χ2v) is 8.85. The Morgan fingerprint density at radius 3 is 2.39 bits per heavy atom. The number of rotatable bonds is 5. The van der Waals surface area contributed by atoms with Gasteiger partial charge >= 0.3 is 10.8 Å². The van der Waals surface area contributed by atoms with Crippen LogP contribution in [-0.4, -0.2) is 23.6 Å². The molecule has 2 heterocycles. The zero-order valence-electron chi connectivity index (χ0n) is 17.7. The van der Waals surface area contributed by atoms with E-state index in [0.29, 0.717) is 17.4 Å². The first-order chi connectivity index (χ1) is 14.9. The van der Waals surface area contributed by atoms with Crippen LogP contribution in [0.2, 0.25) is 0 Å².